The van der Waals surface area contributed by atoms with Crippen LogP contribution < -0.4 is 0 Å². The predicted octanol–water partition coefficient (Wildman–Crippen LogP) is 17.5. The van der Waals surface area contributed by atoms with Crippen LogP contribution in [0.25, 0.3) is 0 Å². The Bertz CT molecular complexity index is 753. The number of hydrogen-bond donors (Lipinski definition) is 3. The van der Waals surface area contributed by atoms with Gasteiger partial charge in [-0.15, -0.1) is 0 Å². The Hall–Kier alpha value is 0.968. The van der Waals surface area contributed by atoms with Gasteiger partial charge in [-0.25, -0.2) is 0 Å². The van der Waals surface area contributed by atoms with E-state index in [0.29, 0.717) is 19.3 Å². The van der Waals surface area contributed by atoms with Crippen molar-refractivity contribution in [3.05, 3.63) is 0 Å². The standard InChI is InChI=1S/3C18H36O2.Al.Ca.Mg.7H/c3*1-2-3-4-5-6-7-8-9-10-11-12-13-14-15-16-17-18(19)20;;;;;;;;;;/h3*2-17H2,1H3,(H,19,20);;;;;;;;;;/q;;;;2*+2;;;;4*-1. The first-order valence-corrected chi connectivity index (χ1v) is 27.0. The van der Waals surface area contributed by atoms with Gasteiger partial charge in [-0.3, -0.25) is 14.4 Å². The van der Waals surface area contributed by atoms with E-state index in [0.717, 1.165) is 38.5 Å². The maximum atomic E-state index is 10.3. The molecule has 0 aromatic carbocycles. The van der Waals surface area contributed by atoms with Gasteiger partial charge in [0.25, 0.3) is 0 Å². The van der Waals surface area contributed by atoms with Crippen molar-refractivity contribution in [2.75, 3.05) is 0 Å². The normalized spacial score (nSPS) is 10.3. The van der Waals surface area contributed by atoms with Crippen molar-refractivity contribution in [2.24, 2.45) is 0 Å². The SMILES string of the molecule is CCCCCCCCCCCCCCCCCC(=O)O.CCCCCCCCCCCCCCCCCC(=O)O.CCCCCCCCCCCCCCCCCC(=O)O.[AlH3].[Ca+2].[H-].[H-].[H-].[H-].[Mg+2]. The summed E-state index contributed by atoms with van der Waals surface area (Å²) in [5.41, 5.74) is 0. The van der Waals surface area contributed by atoms with Crippen LogP contribution in [0.4, 0.5) is 0 Å². The molecular weight excluding hydrogens is 836 g/mol. The summed E-state index contributed by atoms with van der Waals surface area (Å²) in [4.78, 5) is 31.0. The molecule has 0 aliphatic carbocycles. The molecule has 0 bridgehead atoms. The van der Waals surface area contributed by atoms with Crippen molar-refractivity contribution in [1.82, 2.24) is 0 Å². The fourth-order valence-electron chi connectivity index (χ4n) is 7.94. The second-order valence-electron chi connectivity index (χ2n) is 18.3. The number of aliphatic carboxylic acids is 3. The molecule has 0 radical (unpaired) electrons. The van der Waals surface area contributed by atoms with Crippen LogP contribution >= 0.6 is 0 Å². The number of carboxylic acid groups (broad SMARTS) is 3. The van der Waals surface area contributed by atoms with Gasteiger partial charge in [-0.1, -0.05) is 290 Å². The largest absolute Gasteiger partial charge is 2.00 e. The zero-order chi connectivity index (χ0) is 44.7. The average Bonchev–Trinajstić information content (AvgIpc) is 3.22. The quantitative estimate of drug-likeness (QED) is 0.0414. The van der Waals surface area contributed by atoms with Crippen LogP contribution in [-0.4, -0.2) is 111 Å². The molecule has 3 N–H and O–H groups in total. The maximum Gasteiger partial charge on any atom is 2.00 e. The Labute approximate surface area is 456 Å². The summed E-state index contributed by atoms with van der Waals surface area (Å²) in [6.45, 7) is 6.81. The van der Waals surface area contributed by atoms with Gasteiger partial charge in [0, 0.05) is 19.3 Å². The number of rotatable bonds is 48. The number of carbonyl (C=O) groups is 3. The molecule has 63 heavy (non-hydrogen) atoms. The molecule has 0 rings (SSSR count). The molecule has 374 valence electrons. The first kappa shape index (κ1) is 75.5. The first-order valence-electron chi connectivity index (χ1n) is 27.0. The molecule has 0 fully saturated rings. The van der Waals surface area contributed by atoms with Gasteiger partial charge in [-0.05, 0) is 19.3 Å². The van der Waals surface area contributed by atoms with E-state index in [4.69, 9.17) is 15.3 Å². The second kappa shape index (κ2) is 72.0. The van der Waals surface area contributed by atoms with Crippen LogP contribution in [0, 0.1) is 0 Å². The number of hydrogen-bond acceptors (Lipinski definition) is 3. The molecule has 0 unspecified atom stereocenters. The van der Waals surface area contributed by atoms with Gasteiger partial charge < -0.3 is 21.0 Å². The Kier molecular flexibility index (Phi) is 86.2. The third-order valence-corrected chi connectivity index (χ3v) is 12.0. The molecule has 0 aromatic heterocycles. The third-order valence-electron chi connectivity index (χ3n) is 12.0. The average molecular weight is 952 g/mol. The molecule has 0 heterocycles. The van der Waals surface area contributed by atoms with E-state index >= 15 is 0 Å². The summed E-state index contributed by atoms with van der Waals surface area (Å²) < 4.78 is 0. The Balaban J connectivity index is -0.0000000864. The van der Waals surface area contributed by atoms with Crippen molar-refractivity contribution in [2.45, 2.75) is 329 Å². The van der Waals surface area contributed by atoms with Crippen LogP contribution in [-0.2, 0) is 14.4 Å². The topological polar surface area (TPSA) is 112 Å². The molecule has 0 aliphatic rings. The van der Waals surface area contributed by atoms with Crippen LogP contribution in [0.3, 0.4) is 0 Å². The van der Waals surface area contributed by atoms with E-state index in [1.165, 1.54) is 250 Å². The van der Waals surface area contributed by atoms with Crippen LogP contribution in [0.1, 0.15) is 335 Å². The zero-order valence-corrected chi connectivity index (χ0v) is 46.0. The monoisotopic (exact) mass is 951 g/mol. The van der Waals surface area contributed by atoms with Gasteiger partial charge in [0.15, 0.2) is 17.4 Å². The van der Waals surface area contributed by atoms with Crippen LogP contribution in [0.15, 0.2) is 0 Å². The van der Waals surface area contributed by atoms with E-state index in [1.54, 1.807) is 0 Å². The van der Waals surface area contributed by atoms with Gasteiger partial charge in [0.05, 0.1) is 0 Å². The fourth-order valence-corrected chi connectivity index (χ4v) is 7.94. The fraction of sp³-hybridized carbons (Fsp3) is 0.944. The number of carboxylic acids is 3. The first-order chi connectivity index (χ1) is 29.3. The molecule has 0 spiro atoms. The molecule has 9 heteroatoms. The number of unbranched alkanes of at least 4 members (excludes halogenated alkanes) is 42. The van der Waals surface area contributed by atoms with E-state index in [2.05, 4.69) is 20.8 Å². The minimum atomic E-state index is -0.653. The van der Waals surface area contributed by atoms with Gasteiger partial charge in [0.1, 0.15) is 0 Å². The van der Waals surface area contributed by atoms with E-state index in [1.807, 2.05) is 0 Å². The summed E-state index contributed by atoms with van der Waals surface area (Å²) in [5, 5.41) is 25.6. The molecule has 6 nitrogen and oxygen atoms in total. The van der Waals surface area contributed by atoms with Crippen molar-refractivity contribution >= 4 is 96.1 Å². The smallest absolute Gasteiger partial charge is 1.00 e. The maximum absolute atomic E-state index is 10.3. The molecule has 0 saturated carbocycles. The summed E-state index contributed by atoms with van der Waals surface area (Å²) in [6, 6.07) is 0. The Morgan fingerprint density at radius 3 is 0.444 bits per heavy atom. The van der Waals surface area contributed by atoms with Gasteiger partial charge in [-0.2, -0.15) is 0 Å². The Morgan fingerprint density at radius 2 is 0.349 bits per heavy atom. The zero-order valence-electron chi connectivity index (χ0n) is 46.4. The van der Waals surface area contributed by atoms with E-state index in [-0.39, 0.29) is 83.9 Å². The molecule has 0 saturated heterocycles. The third kappa shape index (κ3) is 86.7. The summed E-state index contributed by atoms with van der Waals surface area (Å²) >= 11 is 0. The molecule has 0 aromatic rings. The summed E-state index contributed by atoms with van der Waals surface area (Å²) in [7, 11) is 0. The van der Waals surface area contributed by atoms with Crippen LogP contribution in [0.5, 0.6) is 0 Å². The van der Waals surface area contributed by atoms with Crippen molar-refractivity contribution in [3.63, 3.8) is 0 Å². The Morgan fingerprint density at radius 1 is 0.254 bits per heavy atom. The summed E-state index contributed by atoms with van der Waals surface area (Å²) in [6.07, 6.45) is 60.6. The van der Waals surface area contributed by atoms with Crippen LogP contribution in [0.2, 0.25) is 0 Å². The van der Waals surface area contributed by atoms with E-state index in [9.17, 15) is 14.4 Å². The minimum absolute atomic E-state index is 0. The van der Waals surface area contributed by atoms with Gasteiger partial charge in [0.2, 0.25) is 0 Å². The molecule has 0 atom stereocenters. The molecular formula is C54H115AlCaMgO6. The summed E-state index contributed by atoms with van der Waals surface area (Å²) in [5.74, 6) is -1.96. The molecule has 0 aliphatic heterocycles. The van der Waals surface area contributed by atoms with Crippen molar-refractivity contribution in [3.8, 4) is 0 Å². The van der Waals surface area contributed by atoms with Gasteiger partial charge >= 0.3 is 78.7 Å². The van der Waals surface area contributed by atoms with E-state index < -0.39 is 17.9 Å². The van der Waals surface area contributed by atoms with Crippen molar-refractivity contribution in [1.29, 1.82) is 0 Å². The van der Waals surface area contributed by atoms with Crippen molar-refractivity contribution < 1.29 is 35.4 Å². The molecule has 0 amide bonds. The predicted molar refractivity (Wildman–Crippen MR) is 287 cm³/mol. The second-order valence-corrected chi connectivity index (χ2v) is 18.3. The minimum Gasteiger partial charge on any atom is -1.00 e.